The Kier molecular flexibility index (Phi) is 13.1. The van der Waals surface area contributed by atoms with E-state index in [1.807, 2.05) is 12.4 Å². The Morgan fingerprint density at radius 1 is 0.562 bits per heavy atom. The van der Waals surface area contributed by atoms with Crippen molar-refractivity contribution in [2.75, 3.05) is 0 Å². The maximum absolute atomic E-state index is 11.2. The molecule has 274 valence electrons. The van der Waals surface area contributed by atoms with Gasteiger partial charge in [0.2, 0.25) is 0 Å². The molecule has 1 aliphatic rings. The van der Waals surface area contributed by atoms with Crippen molar-refractivity contribution in [3.8, 4) is 11.5 Å². The normalized spacial score (nSPS) is 19.7. The van der Waals surface area contributed by atoms with Crippen LogP contribution in [-0.2, 0) is 39.0 Å². The van der Waals surface area contributed by atoms with Crippen molar-refractivity contribution in [1.29, 1.82) is 0 Å². The zero-order chi connectivity index (χ0) is 36.7. The van der Waals surface area contributed by atoms with Gasteiger partial charge < -0.3 is 10.2 Å². The zero-order valence-electron chi connectivity index (χ0n) is 30.4. The van der Waals surface area contributed by atoms with Crippen LogP contribution in [0.15, 0.2) is 34.3 Å². The van der Waals surface area contributed by atoms with Crippen LogP contribution in [0.5, 0.6) is 11.5 Å². The van der Waals surface area contributed by atoms with E-state index >= 15 is 0 Å². The van der Waals surface area contributed by atoms with Crippen molar-refractivity contribution in [3.63, 3.8) is 0 Å². The van der Waals surface area contributed by atoms with Crippen LogP contribution in [0.25, 0.3) is 0 Å². The van der Waals surface area contributed by atoms with Crippen LogP contribution in [0.1, 0.15) is 142 Å². The van der Waals surface area contributed by atoms with Gasteiger partial charge in [-0.15, -0.1) is 0 Å². The van der Waals surface area contributed by atoms with Gasteiger partial charge in [0.1, 0.15) is 11.5 Å². The first-order chi connectivity index (χ1) is 20.6. The molecule has 48 heavy (non-hydrogen) atoms. The van der Waals surface area contributed by atoms with Crippen molar-refractivity contribution >= 4 is 31.9 Å². The van der Waals surface area contributed by atoms with E-state index in [2.05, 4.69) is 107 Å². The fourth-order valence-corrected chi connectivity index (χ4v) is 5.31. The van der Waals surface area contributed by atoms with Crippen LogP contribution < -0.4 is 0 Å². The molecule has 0 heterocycles. The molecule has 0 unspecified atom stereocenters. The minimum atomic E-state index is -11.2. The number of hydrogen-bond acceptors (Lipinski definition) is 4. The van der Waals surface area contributed by atoms with Crippen molar-refractivity contribution in [1.82, 2.24) is 0 Å². The summed E-state index contributed by atoms with van der Waals surface area (Å²) in [6.45, 7) is 26.0. The number of aromatic hydroxyl groups is 2. The monoisotopic (exact) mass is 833 g/mol. The summed E-state index contributed by atoms with van der Waals surface area (Å²) < 4.78 is 59.6. The zero-order valence-corrected chi connectivity index (χ0v) is 34.2. The van der Waals surface area contributed by atoms with E-state index in [1.165, 1.54) is 11.1 Å². The van der Waals surface area contributed by atoms with E-state index in [4.69, 9.17) is 9.98 Å². The second kappa shape index (κ2) is 14.1. The van der Waals surface area contributed by atoms with Gasteiger partial charge in [-0.05, 0) is 57.8 Å². The van der Waals surface area contributed by atoms with Gasteiger partial charge in [-0.2, -0.15) is 0 Å². The van der Waals surface area contributed by atoms with Gasteiger partial charge in [0.05, 0.1) is 12.1 Å². The van der Waals surface area contributed by atoms with Crippen LogP contribution in [0.4, 0.5) is 16.9 Å². The third kappa shape index (κ3) is 14.7. The van der Waals surface area contributed by atoms with Crippen molar-refractivity contribution in [2.45, 2.75) is 143 Å². The average molecular weight is 835 g/mol. The Balaban J connectivity index is 0.00000130. The summed E-state index contributed by atoms with van der Waals surface area (Å²) in [5.74, 6) is 0.637. The van der Waals surface area contributed by atoms with Gasteiger partial charge >= 0.3 is 36.4 Å². The van der Waals surface area contributed by atoms with E-state index in [1.54, 1.807) is 0 Å². The summed E-state index contributed by atoms with van der Waals surface area (Å²) in [6, 6.07) is 8.53. The molecule has 0 amide bonds. The second-order valence-electron chi connectivity index (χ2n) is 16.9. The molecule has 2 atom stereocenters. The summed E-state index contributed by atoms with van der Waals surface area (Å²) in [4.78, 5) is 10.1. The number of halogens is 6. The van der Waals surface area contributed by atoms with Crippen LogP contribution in [0, 0.1) is 0 Å². The molecule has 1 aliphatic carbocycles. The molecule has 3 rings (SSSR count). The topological polar surface area (TPSA) is 65.2 Å². The van der Waals surface area contributed by atoms with Crippen LogP contribution in [0.3, 0.4) is 0 Å². The summed E-state index contributed by atoms with van der Waals surface area (Å²) in [5, 5.41) is 22.5. The summed E-state index contributed by atoms with van der Waals surface area (Å²) >= 11 is -11.2. The molecule has 12 heteroatoms. The predicted octanol–water partition coefficient (Wildman–Crippen LogP) is 11.3. The molecule has 0 aromatic heterocycles. The van der Waals surface area contributed by atoms with Gasteiger partial charge in [0.15, 0.2) is 0 Å². The molecular weight excluding hydrogens is 780 g/mol. The Bertz CT molecular complexity index is 1390. The fraction of sp³-hybridized carbons (Fsp3) is 0.611. The molecule has 0 saturated heterocycles. The summed E-state index contributed by atoms with van der Waals surface area (Å²) in [5.41, 5.74) is 5.39. The molecule has 4 nitrogen and oxygen atoms in total. The van der Waals surface area contributed by atoms with E-state index in [-0.39, 0.29) is 51.1 Å². The average Bonchev–Trinajstić information content (AvgIpc) is 2.83. The summed E-state index contributed by atoms with van der Waals surface area (Å²) in [7, 11) is 0. The van der Waals surface area contributed by atoms with Gasteiger partial charge in [-0.1, -0.05) is 108 Å². The van der Waals surface area contributed by atoms with Crippen molar-refractivity contribution in [2.24, 2.45) is 9.98 Å². The Morgan fingerprint density at radius 2 is 0.833 bits per heavy atom. The molecule has 0 aliphatic heterocycles. The maximum atomic E-state index is 11.2. The molecule has 2 aromatic carbocycles. The summed E-state index contributed by atoms with van der Waals surface area (Å²) in [6.07, 6.45) is 7.90. The first kappa shape index (κ1) is 44.3. The molecule has 1 fully saturated rings. The Morgan fingerprint density at radius 3 is 1.06 bits per heavy atom. The number of phenols is 2. The van der Waals surface area contributed by atoms with Crippen molar-refractivity contribution < 1.29 is 44.5 Å². The molecular formula is C36H54CrF6N2O2Sb-. The number of hydrogen-bond donors (Lipinski definition) is 2. The minimum absolute atomic E-state index is 0. The van der Waals surface area contributed by atoms with Crippen LogP contribution in [0.2, 0.25) is 0 Å². The Labute approximate surface area is 296 Å². The Hall–Kier alpha value is -1.69. The van der Waals surface area contributed by atoms with E-state index < -0.39 is 19.5 Å². The van der Waals surface area contributed by atoms with Gasteiger partial charge in [-0.3, -0.25) is 9.98 Å². The van der Waals surface area contributed by atoms with Crippen LogP contribution in [-0.4, -0.2) is 54.2 Å². The molecule has 1 saturated carbocycles. The standard InChI is InChI=1S/C36H54N2O2.Cr.6FH.Sb/c1-33(2,3)25-17-23(31(39)27(19-25)35(7,8)9)21-37-29-15-13-14-16-30(29)38-22-24-18-26(34(4,5)6)20-28(32(24)40)36(10,11)12;;;;;;;;/h17-22,29-30,39-40H,13-16H2,1-12H3;;6*1H;/q;;;;;;;;+5/p-6/t29-,30-;;;;;;;;/m0......../s1. The second-order valence-corrected chi connectivity index (χ2v) is 22.3. The van der Waals surface area contributed by atoms with Crippen molar-refractivity contribution in [3.05, 3.63) is 57.6 Å². The first-order valence-electron chi connectivity index (χ1n) is 16.0. The third-order valence-electron chi connectivity index (χ3n) is 8.13. The van der Waals surface area contributed by atoms with Gasteiger partial charge in [0.25, 0.3) is 0 Å². The third-order valence-corrected chi connectivity index (χ3v) is 8.13. The van der Waals surface area contributed by atoms with E-state index in [0.717, 1.165) is 47.9 Å². The molecule has 2 N–H and O–H groups in total. The number of phenolic OH excluding ortho intramolecular Hbond substituents is 2. The molecule has 0 radical (unpaired) electrons. The SMILES string of the molecule is CC(C)(C)c1cc(C=N[C@H]2CCCC[C@@H]2N=Cc2cc(C(C)(C)C)cc(C(C)(C)C)c2O)c(O)c(C(C)(C)C)c1.[Cr].[F][Sb-]([F])([F])([F])([F])[F]. The van der Waals surface area contributed by atoms with E-state index in [9.17, 15) is 27.1 Å². The fourth-order valence-electron chi connectivity index (χ4n) is 5.31. The quantitative estimate of drug-likeness (QED) is 0.183. The predicted molar refractivity (Wildman–Crippen MR) is 185 cm³/mol. The number of benzene rings is 2. The molecule has 0 bridgehead atoms. The van der Waals surface area contributed by atoms with E-state index in [0.29, 0.717) is 11.5 Å². The first-order valence-corrected chi connectivity index (χ1v) is 21.8. The number of nitrogens with zero attached hydrogens (tertiary/aromatic N) is 2. The molecule has 0 spiro atoms. The van der Waals surface area contributed by atoms with Gasteiger partial charge in [-0.25, -0.2) is 0 Å². The van der Waals surface area contributed by atoms with Crippen LogP contribution >= 0.6 is 0 Å². The molecule has 2 aromatic rings. The number of aliphatic imine (C=N–C) groups is 2. The van der Waals surface area contributed by atoms with Gasteiger partial charge in [0, 0.05) is 52.0 Å². The number of rotatable bonds is 4.